The van der Waals surface area contributed by atoms with Crippen LogP contribution in [0.15, 0.2) is 54.6 Å². The number of carboxylic acids is 1. The Morgan fingerprint density at radius 1 is 1.05 bits per heavy atom. The van der Waals surface area contributed by atoms with E-state index in [1.165, 1.54) is 10.5 Å². The number of carbonyl (C=O) groups excluding carboxylic acids is 1. The van der Waals surface area contributed by atoms with Gasteiger partial charge in [0.2, 0.25) is 5.91 Å². The highest BCUT2D eigenvalue weighted by Gasteiger charge is 2.35. The van der Waals surface area contributed by atoms with Crippen LogP contribution in [0.25, 0.3) is 0 Å². The third kappa shape index (κ3) is 2.86. The number of benzene rings is 2. The van der Waals surface area contributed by atoms with E-state index in [-0.39, 0.29) is 18.4 Å². The lowest BCUT2D eigenvalue weighted by Gasteiger charge is -2.33. The van der Waals surface area contributed by atoms with E-state index in [0.717, 1.165) is 11.1 Å². The number of aliphatic carboxylic acids is 1. The third-order valence-corrected chi connectivity index (χ3v) is 4.01. The van der Waals surface area contributed by atoms with Crippen LogP contribution in [0, 0.1) is 0 Å². The van der Waals surface area contributed by atoms with Crippen molar-refractivity contribution in [3.63, 3.8) is 0 Å². The van der Waals surface area contributed by atoms with Crippen molar-refractivity contribution < 1.29 is 14.7 Å². The normalized spacial score (nSPS) is 15.5. The van der Waals surface area contributed by atoms with E-state index >= 15 is 0 Å². The number of rotatable bonds is 5. The van der Waals surface area contributed by atoms with Crippen LogP contribution in [-0.4, -0.2) is 28.4 Å². The molecule has 1 amide bonds. The minimum atomic E-state index is -0.989. The Balaban J connectivity index is 1.78. The summed E-state index contributed by atoms with van der Waals surface area (Å²) in [6.07, 6.45) is 0.694. The van der Waals surface area contributed by atoms with E-state index in [4.69, 9.17) is 5.11 Å². The summed E-state index contributed by atoms with van der Waals surface area (Å²) in [6.45, 7) is 0.0526. The second-order valence-electron chi connectivity index (χ2n) is 5.53. The van der Waals surface area contributed by atoms with Gasteiger partial charge in [-0.25, -0.2) is 0 Å². The molecule has 0 unspecified atom stereocenters. The Kier molecular flexibility index (Phi) is 3.92. The molecule has 0 saturated carbocycles. The van der Waals surface area contributed by atoms with Crippen LogP contribution < -0.4 is 0 Å². The highest BCUT2D eigenvalue weighted by Crippen LogP contribution is 2.36. The minimum Gasteiger partial charge on any atom is -0.480 e. The van der Waals surface area contributed by atoms with Crippen molar-refractivity contribution in [1.29, 1.82) is 0 Å². The van der Waals surface area contributed by atoms with Crippen molar-refractivity contribution in [2.24, 2.45) is 0 Å². The average molecular weight is 295 g/mol. The van der Waals surface area contributed by atoms with Crippen molar-refractivity contribution in [3.05, 3.63) is 71.3 Å². The van der Waals surface area contributed by atoms with Gasteiger partial charge in [0, 0.05) is 6.54 Å². The van der Waals surface area contributed by atoms with E-state index in [2.05, 4.69) is 0 Å². The number of fused-ring (bicyclic) bond motifs is 1. The highest BCUT2D eigenvalue weighted by atomic mass is 16.4. The quantitative estimate of drug-likeness (QED) is 0.921. The summed E-state index contributed by atoms with van der Waals surface area (Å²) in [5, 5.41) is 9.08. The second kappa shape index (κ2) is 6.02. The number of hydrogen-bond donors (Lipinski definition) is 1. The molecule has 1 aliphatic rings. The van der Waals surface area contributed by atoms with Gasteiger partial charge in [0.25, 0.3) is 0 Å². The van der Waals surface area contributed by atoms with Crippen LogP contribution in [0.5, 0.6) is 0 Å². The van der Waals surface area contributed by atoms with Gasteiger partial charge in [0.1, 0.15) is 6.54 Å². The van der Waals surface area contributed by atoms with Gasteiger partial charge >= 0.3 is 5.97 Å². The highest BCUT2D eigenvalue weighted by molar-refractivity contribution is 5.89. The van der Waals surface area contributed by atoms with Gasteiger partial charge in [-0.15, -0.1) is 0 Å². The van der Waals surface area contributed by atoms with Crippen molar-refractivity contribution >= 4 is 11.9 Å². The van der Waals surface area contributed by atoms with Crippen LogP contribution in [0.2, 0.25) is 0 Å². The molecule has 0 spiro atoms. The smallest absolute Gasteiger partial charge is 0.323 e. The number of hydrogen-bond acceptors (Lipinski definition) is 2. The predicted molar refractivity (Wildman–Crippen MR) is 82.4 cm³/mol. The molecule has 2 aromatic rings. The molecule has 0 aromatic heterocycles. The van der Waals surface area contributed by atoms with Gasteiger partial charge < -0.3 is 10.0 Å². The second-order valence-corrected chi connectivity index (χ2v) is 5.53. The van der Waals surface area contributed by atoms with Crippen LogP contribution in [0.3, 0.4) is 0 Å². The van der Waals surface area contributed by atoms with E-state index in [0.29, 0.717) is 13.0 Å². The lowest BCUT2D eigenvalue weighted by molar-refractivity contribution is -0.145. The van der Waals surface area contributed by atoms with Crippen molar-refractivity contribution in [1.82, 2.24) is 4.90 Å². The van der Waals surface area contributed by atoms with E-state index in [1.54, 1.807) is 0 Å². The molecule has 3 rings (SSSR count). The summed E-state index contributed by atoms with van der Waals surface area (Å²) in [7, 11) is 0. The molecule has 4 heteroatoms. The first kappa shape index (κ1) is 14.3. The predicted octanol–water partition coefficient (Wildman–Crippen LogP) is 2.44. The van der Waals surface area contributed by atoms with Crippen molar-refractivity contribution in [2.75, 3.05) is 6.54 Å². The zero-order chi connectivity index (χ0) is 15.5. The van der Waals surface area contributed by atoms with E-state index in [1.807, 2.05) is 54.6 Å². The fraction of sp³-hybridized carbons (Fsp3) is 0.222. The summed E-state index contributed by atoms with van der Waals surface area (Å²) in [5.41, 5.74) is 3.14. The number of carbonyl (C=O) groups is 2. The maximum absolute atomic E-state index is 12.7. The lowest BCUT2D eigenvalue weighted by atomic mass is 9.77. The van der Waals surface area contributed by atoms with Gasteiger partial charge in [-0.1, -0.05) is 54.6 Å². The SMILES string of the molecule is O=C(O)CN(Cc1ccccc1)C(=O)[C@@H]1Cc2ccccc21. The summed E-state index contributed by atoms with van der Waals surface area (Å²) in [6, 6.07) is 17.3. The molecule has 112 valence electrons. The van der Waals surface area contributed by atoms with Gasteiger partial charge in [-0.05, 0) is 23.1 Å². The molecule has 4 nitrogen and oxygen atoms in total. The lowest BCUT2D eigenvalue weighted by Crippen LogP contribution is -2.41. The Morgan fingerprint density at radius 2 is 1.73 bits per heavy atom. The Morgan fingerprint density at radius 3 is 2.41 bits per heavy atom. The monoisotopic (exact) mass is 295 g/mol. The zero-order valence-corrected chi connectivity index (χ0v) is 12.1. The Hall–Kier alpha value is -2.62. The fourth-order valence-electron chi connectivity index (χ4n) is 2.88. The van der Waals surface area contributed by atoms with Crippen LogP contribution in [-0.2, 0) is 22.6 Å². The number of nitrogens with zero attached hydrogens (tertiary/aromatic N) is 1. The minimum absolute atomic E-state index is 0.107. The summed E-state index contributed by atoms with van der Waals surface area (Å²) >= 11 is 0. The standard InChI is InChI=1S/C18H17NO3/c20-17(21)12-19(11-13-6-2-1-3-7-13)18(22)16-10-14-8-4-5-9-15(14)16/h1-9,16H,10-12H2,(H,20,21)/t16-/m1/s1. The molecule has 1 N–H and O–H groups in total. The molecule has 1 atom stereocenters. The summed E-state index contributed by atoms with van der Waals surface area (Å²) in [5.74, 6) is -1.30. The molecule has 0 aliphatic heterocycles. The fourth-order valence-corrected chi connectivity index (χ4v) is 2.88. The molecule has 0 fully saturated rings. The van der Waals surface area contributed by atoms with Crippen LogP contribution in [0.4, 0.5) is 0 Å². The summed E-state index contributed by atoms with van der Waals surface area (Å²) < 4.78 is 0. The summed E-state index contributed by atoms with van der Waals surface area (Å²) in [4.78, 5) is 25.2. The third-order valence-electron chi connectivity index (χ3n) is 4.01. The number of carboxylic acid groups (broad SMARTS) is 1. The first-order chi connectivity index (χ1) is 10.6. The van der Waals surface area contributed by atoms with Crippen LogP contribution in [0.1, 0.15) is 22.6 Å². The maximum atomic E-state index is 12.7. The Labute approximate surface area is 129 Å². The first-order valence-electron chi connectivity index (χ1n) is 7.27. The molecule has 1 aliphatic carbocycles. The number of amides is 1. The van der Waals surface area contributed by atoms with E-state index < -0.39 is 5.97 Å². The van der Waals surface area contributed by atoms with Crippen molar-refractivity contribution in [2.45, 2.75) is 18.9 Å². The molecule has 0 heterocycles. The van der Waals surface area contributed by atoms with Gasteiger partial charge in [-0.3, -0.25) is 9.59 Å². The Bertz CT molecular complexity index is 696. The van der Waals surface area contributed by atoms with Crippen LogP contribution >= 0.6 is 0 Å². The largest absolute Gasteiger partial charge is 0.480 e. The molecule has 0 radical (unpaired) electrons. The molecular formula is C18H17NO3. The maximum Gasteiger partial charge on any atom is 0.323 e. The van der Waals surface area contributed by atoms with E-state index in [9.17, 15) is 9.59 Å². The van der Waals surface area contributed by atoms with Gasteiger partial charge in [0.05, 0.1) is 5.92 Å². The molecular weight excluding hydrogens is 278 g/mol. The van der Waals surface area contributed by atoms with Gasteiger partial charge in [0.15, 0.2) is 0 Å². The van der Waals surface area contributed by atoms with Gasteiger partial charge in [-0.2, -0.15) is 0 Å². The topological polar surface area (TPSA) is 57.6 Å². The average Bonchev–Trinajstić information content (AvgIpc) is 2.48. The molecule has 0 bridgehead atoms. The van der Waals surface area contributed by atoms with Crippen molar-refractivity contribution in [3.8, 4) is 0 Å². The first-order valence-corrected chi connectivity index (χ1v) is 7.27. The zero-order valence-electron chi connectivity index (χ0n) is 12.1. The molecule has 0 saturated heterocycles. The molecule has 22 heavy (non-hydrogen) atoms. The molecule has 2 aromatic carbocycles.